The quantitative estimate of drug-likeness (QED) is 0.609. The van der Waals surface area contributed by atoms with Crippen molar-refractivity contribution in [1.29, 1.82) is 0 Å². The summed E-state index contributed by atoms with van der Waals surface area (Å²) in [4.78, 5) is 0. The van der Waals surface area contributed by atoms with E-state index in [-0.39, 0.29) is 24.1 Å². The van der Waals surface area contributed by atoms with Gasteiger partial charge in [0.2, 0.25) is 0 Å². The van der Waals surface area contributed by atoms with Crippen LogP contribution in [0, 0.1) is 0 Å². The van der Waals surface area contributed by atoms with Gasteiger partial charge in [0.15, 0.2) is 12.6 Å². The van der Waals surface area contributed by atoms with Crippen LogP contribution in [0.15, 0.2) is 0 Å². The molecule has 4 nitrogen and oxygen atoms in total. The first kappa shape index (κ1) is 7.26. The highest BCUT2D eigenvalue weighted by Gasteiger charge is 2.65. The number of ether oxygens (including phenoxy) is 3. The van der Waals surface area contributed by atoms with Crippen LogP contribution in [0.25, 0.3) is 0 Å². The van der Waals surface area contributed by atoms with Crippen LogP contribution in [0.1, 0.15) is 19.8 Å². The van der Waals surface area contributed by atoms with Gasteiger partial charge >= 0.3 is 0 Å². The zero-order valence-corrected chi connectivity index (χ0v) is 6.90. The van der Waals surface area contributed by atoms with Gasteiger partial charge in [-0.15, -0.1) is 0 Å². The predicted molar refractivity (Wildman–Crippen MR) is 38.3 cm³/mol. The second-order valence-electron chi connectivity index (χ2n) is 3.84. The van der Waals surface area contributed by atoms with Crippen LogP contribution >= 0.6 is 0 Å². The molecule has 2 aliphatic heterocycles. The van der Waals surface area contributed by atoms with E-state index in [1.54, 1.807) is 0 Å². The maximum Gasteiger partial charge on any atom is 0.184 e. The zero-order chi connectivity index (χ0) is 8.34. The van der Waals surface area contributed by atoms with Crippen molar-refractivity contribution in [1.82, 2.24) is 0 Å². The summed E-state index contributed by atoms with van der Waals surface area (Å²) in [7, 11) is 0. The molecule has 0 aromatic rings. The molecule has 0 bridgehead atoms. The molecule has 4 heteroatoms. The fourth-order valence-electron chi connectivity index (χ4n) is 1.60. The lowest BCUT2D eigenvalue weighted by Crippen LogP contribution is -2.25. The third kappa shape index (κ3) is 0.992. The summed E-state index contributed by atoms with van der Waals surface area (Å²) < 4.78 is 15.8. The average Bonchev–Trinajstić information content (AvgIpc) is 2.80. The lowest BCUT2D eigenvalue weighted by molar-refractivity contribution is -0.0425. The molecule has 68 valence electrons. The molecule has 2 saturated heterocycles. The number of hydrogen-bond acceptors (Lipinski definition) is 4. The van der Waals surface area contributed by atoms with E-state index in [2.05, 4.69) is 0 Å². The van der Waals surface area contributed by atoms with Gasteiger partial charge in [0.25, 0.3) is 0 Å². The molecule has 1 aliphatic carbocycles. The molecule has 0 aromatic carbocycles. The van der Waals surface area contributed by atoms with Gasteiger partial charge in [-0.3, -0.25) is 0 Å². The van der Waals surface area contributed by atoms with Crippen molar-refractivity contribution in [2.45, 2.75) is 50.2 Å². The van der Waals surface area contributed by atoms with E-state index in [1.807, 2.05) is 6.92 Å². The topological polar surface area (TPSA) is 54.5 Å². The van der Waals surface area contributed by atoms with Crippen LogP contribution in [-0.2, 0) is 14.2 Å². The van der Waals surface area contributed by atoms with E-state index in [0.717, 1.165) is 12.8 Å². The lowest BCUT2D eigenvalue weighted by atomic mass is 10.2. The zero-order valence-electron chi connectivity index (χ0n) is 6.90. The molecular weight excluding hydrogens is 160 g/mol. The number of rotatable bonds is 3. The summed E-state index contributed by atoms with van der Waals surface area (Å²) in [5, 5.41) is 9.06. The first-order valence-corrected chi connectivity index (χ1v) is 4.38. The van der Waals surface area contributed by atoms with Crippen molar-refractivity contribution in [2.24, 2.45) is 0 Å². The monoisotopic (exact) mass is 172 g/mol. The Balaban J connectivity index is 1.60. The molecule has 3 rings (SSSR count). The van der Waals surface area contributed by atoms with Crippen LogP contribution in [0.3, 0.4) is 0 Å². The molecule has 4 atom stereocenters. The van der Waals surface area contributed by atoms with Gasteiger partial charge in [0.05, 0.1) is 0 Å². The molecule has 0 radical (unpaired) electrons. The summed E-state index contributed by atoms with van der Waals surface area (Å²) in [6, 6.07) is 0. The Hall–Kier alpha value is -0.160. The maximum absolute atomic E-state index is 9.06. The number of aliphatic hydroxyl groups is 1. The fraction of sp³-hybridized carbons (Fsp3) is 1.00. The molecular formula is C8H12O4. The Bertz CT molecular complexity index is 213. The average molecular weight is 172 g/mol. The molecule has 0 spiro atoms. The molecule has 12 heavy (non-hydrogen) atoms. The van der Waals surface area contributed by atoms with Crippen molar-refractivity contribution in [3.05, 3.63) is 0 Å². The highest BCUT2D eigenvalue weighted by atomic mass is 16.8. The Kier molecular flexibility index (Phi) is 1.22. The van der Waals surface area contributed by atoms with Gasteiger partial charge in [0, 0.05) is 0 Å². The number of epoxide rings is 2. The Morgan fingerprint density at radius 3 is 2.33 bits per heavy atom. The third-order valence-corrected chi connectivity index (χ3v) is 2.74. The molecule has 4 unspecified atom stereocenters. The molecule has 3 fully saturated rings. The van der Waals surface area contributed by atoms with Crippen molar-refractivity contribution in [2.75, 3.05) is 0 Å². The molecule has 0 amide bonds. The molecule has 1 N–H and O–H groups in total. The van der Waals surface area contributed by atoms with Crippen molar-refractivity contribution in [3.8, 4) is 0 Å². The summed E-state index contributed by atoms with van der Waals surface area (Å²) in [6.45, 7) is 1.98. The maximum atomic E-state index is 9.06. The van der Waals surface area contributed by atoms with E-state index < -0.39 is 6.29 Å². The fourth-order valence-corrected chi connectivity index (χ4v) is 1.60. The van der Waals surface area contributed by atoms with Crippen LogP contribution in [0.2, 0.25) is 0 Å². The van der Waals surface area contributed by atoms with E-state index in [4.69, 9.17) is 19.3 Å². The lowest BCUT2D eigenvalue weighted by Gasteiger charge is -2.10. The largest absolute Gasteiger partial charge is 0.366 e. The second kappa shape index (κ2) is 2.01. The first-order valence-electron chi connectivity index (χ1n) is 4.38. The van der Waals surface area contributed by atoms with Gasteiger partial charge in [-0.1, -0.05) is 0 Å². The third-order valence-electron chi connectivity index (χ3n) is 2.74. The number of hydrogen-bond donors (Lipinski definition) is 1. The van der Waals surface area contributed by atoms with Gasteiger partial charge in [-0.05, 0) is 19.8 Å². The van der Waals surface area contributed by atoms with Crippen LogP contribution in [0.5, 0.6) is 0 Å². The van der Waals surface area contributed by atoms with Crippen molar-refractivity contribution in [3.63, 3.8) is 0 Å². The van der Waals surface area contributed by atoms with Crippen LogP contribution in [-0.4, -0.2) is 35.5 Å². The predicted octanol–water partition coefficient (Wildman–Crippen LogP) is -0.00240. The standard InChI is InChI=1S/C8H12O4/c1-4-7(10-4)12-8(2-3-8)5-6(9)11-5/h4-7,9H,2-3H2,1H3. The van der Waals surface area contributed by atoms with Gasteiger partial charge in [0.1, 0.15) is 17.8 Å². The second-order valence-corrected chi connectivity index (χ2v) is 3.84. The first-order chi connectivity index (χ1) is 5.71. The molecule has 2 heterocycles. The normalized spacial score (nSPS) is 53.5. The molecule has 3 aliphatic rings. The van der Waals surface area contributed by atoms with E-state index >= 15 is 0 Å². The SMILES string of the molecule is CC1OC1OC1(C2OC2O)CC1. The Morgan fingerprint density at radius 2 is 2.00 bits per heavy atom. The minimum absolute atomic E-state index is 0.0519. The van der Waals surface area contributed by atoms with Crippen molar-refractivity contribution < 1.29 is 19.3 Å². The summed E-state index contributed by atoms with van der Waals surface area (Å²) >= 11 is 0. The smallest absolute Gasteiger partial charge is 0.184 e. The summed E-state index contributed by atoms with van der Waals surface area (Å²) in [5.41, 5.74) is -0.200. The van der Waals surface area contributed by atoms with Crippen LogP contribution < -0.4 is 0 Å². The summed E-state index contributed by atoms with van der Waals surface area (Å²) in [5.74, 6) is 0. The summed E-state index contributed by atoms with van der Waals surface area (Å²) in [6.07, 6.45) is 1.46. The van der Waals surface area contributed by atoms with Gasteiger partial charge < -0.3 is 19.3 Å². The Labute approximate surface area is 70.4 Å². The minimum Gasteiger partial charge on any atom is -0.366 e. The van der Waals surface area contributed by atoms with E-state index in [9.17, 15) is 0 Å². The molecule has 1 saturated carbocycles. The van der Waals surface area contributed by atoms with E-state index in [1.165, 1.54) is 0 Å². The number of aliphatic hydroxyl groups excluding tert-OH is 1. The van der Waals surface area contributed by atoms with E-state index in [0.29, 0.717) is 0 Å². The highest BCUT2D eigenvalue weighted by molar-refractivity contribution is 5.09. The molecule has 0 aromatic heterocycles. The van der Waals surface area contributed by atoms with Crippen LogP contribution in [0.4, 0.5) is 0 Å². The van der Waals surface area contributed by atoms with Crippen molar-refractivity contribution >= 4 is 0 Å². The van der Waals surface area contributed by atoms with Gasteiger partial charge in [-0.25, -0.2) is 0 Å². The van der Waals surface area contributed by atoms with Gasteiger partial charge in [-0.2, -0.15) is 0 Å². The Morgan fingerprint density at radius 1 is 1.42 bits per heavy atom. The highest BCUT2D eigenvalue weighted by Crippen LogP contribution is 2.53. The minimum atomic E-state index is -0.596.